The molecule has 1 fully saturated rings. The topological polar surface area (TPSA) is 50.5 Å². The van der Waals surface area contributed by atoms with Gasteiger partial charge in [0.2, 0.25) is 0 Å². The van der Waals surface area contributed by atoms with Crippen molar-refractivity contribution >= 4 is 0 Å². The molecule has 0 aliphatic carbocycles. The molecule has 2 aromatic carbocycles. The first-order chi connectivity index (χ1) is 12.7. The summed E-state index contributed by atoms with van der Waals surface area (Å²) in [5, 5.41) is 10.3. The molecule has 0 amide bonds. The highest BCUT2D eigenvalue weighted by Gasteiger charge is 2.33. The highest BCUT2D eigenvalue weighted by atomic mass is 16.5. The summed E-state index contributed by atoms with van der Waals surface area (Å²) in [5.41, 5.74) is 2.26. The van der Waals surface area contributed by atoms with Crippen LogP contribution in [0.2, 0.25) is 0 Å². The van der Waals surface area contributed by atoms with Crippen molar-refractivity contribution in [3.8, 4) is 11.4 Å². The molecule has 1 saturated heterocycles. The van der Waals surface area contributed by atoms with Crippen molar-refractivity contribution < 1.29 is 9.84 Å². The van der Waals surface area contributed by atoms with Crippen LogP contribution in [-0.2, 0) is 6.54 Å². The SMILES string of the molecule is COc1cccc([C@H]2C[C@@H](O)CN2Cc2nccn2-c2ccccc2)c1. The number of rotatable bonds is 5. The minimum atomic E-state index is -0.327. The van der Waals surface area contributed by atoms with Gasteiger partial charge in [0, 0.05) is 30.7 Å². The van der Waals surface area contributed by atoms with E-state index in [-0.39, 0.29) is 12.1 Å². The normalized spacial score (nSPS) is 20.4. The zero-order chi connectivity index (χ0) is 17.9. The van der Waals surface area contributed by atoms with E-state index in [2.05, 4.69) is 38.7 Å². The maximum Gasteiger partial charge on any atom is 0.127 e. The number of aliphatic hydroxyl groups excluding tert-OH is 1. The van der Waals surface area contributed by atoms with Crippen molar-refractivity contribution in [2.45, 2.75) is 25.1 Å². The van der Waals surface area contributed by atoms with Crippen LogP contribution in [0.4, 0.5) is 0 Å². The number of nitrogens with zero attached hydrogens (tertiary/aromatic N) is 3. The summed E-state index contributed by atoms with van der Waals surface area (Å²) in [6.45, 7) is 1.32. The maximum absolute atomic E-state index is 10.3. The Bertz CT molecular complexity index is 862. The monoisotopic (exact) mass is 349 g/mol. The van der Waals surface area contributed by atoms with Crippen LogP contribution in [0.1, 0.15) is 23.9 Å². The van der Waals surface area contributed by atoms with Crippen molar-refractivity contribution in [3.63, 3.8) is 0 Å². The molecule has 134 valence electrons. The van der Waals surface area contributed by atoms with E-state index in [9.17, 15) is 5.11 Å². The Morgan fingerprint density at radius 2 is 2.00 bits per heavy atom. The third kappa shape index (κ3) is 3.36. The first-order valence-electron chi connectivity index (χ1n) is 8.88. The zero-order valence-corrected chi connectivity index (χ0v) is 14.8. The number of methoxy groups -OCH3 is 1. The van der Waals surface area contributed by atoms with Gasteiger partial charge in [-0.15, -0.1) is 0 Å². The lowest BCUT2D eigenvalue weighted by Gasteiger charge is -2.24. The van der Waals surface area contributed by atoms with Crippen LogP contribution < -0.4 is 4.74 Å². The molecule has 5 heteroatoms. The quantitative estimate of drug-likeness (QED) is 0.769. The summed E-state index contributed by atoms with van der Waals surface area (Å²) in [6, 6.07) is 18.5. The molecule has 26 heavy (non-hydrogen) atoms. The molecule has 4 rings (SSSR count). The number of hydrogen-bond acceptors (Lipinski definition) is 4. The van der Waals surface area contributed by atoms with Gasteiger partial charge in [-0.05, 0) is 36.2 Å². The molecule has 0 unspecified atom stereocenters. The number of likely N-dealkylation sites (tertiary alicyclic amines) is 1. The van der Waals surface area contributed by atoms with Crippen LogP contribution in [0.15, 0.2) is 67.0 Å². The Labute approximate surface area is 153 Å². The fraction of sp³-hybridized carbons (Fsp3) is 0.286. The average molecular weight is 349 g/mol. The number of hydrogen-bond donors (Lipinski definition) is 1. The number of para-hydroxylation sites is 1. The van der Waals surface area contributed by atoms with E-state index in [0.29, 0.717) is 13.1 Å². The molecule has 5 nitrogen and oxygen atoms in total. The lowest BCUT2D eigenvalue weighted by molar-refractivity contribution is 0.171. The van der Waals surface area contributed by atoms with E-state index in [4.69, 9.17) is 4.74 Å². The molecule has 0 radical (unpaired) electrons. The average Bonchev–Trinajstić information content (AvgIpc) is 3.29. The van der Waals surface area contributed by atoms with E-state index in [1.165, 1.54) is 5.56 Å². The second-order valence-corrected chi connectivity index (χ2v) is 6.66. The predicted molar refractivity (Wildman–Crippen MR) is 100 cm³/mol. The van der Waals surface area contributed by atoms with Crippen LogP contribution >= 0.6 is 0 Å². The minimum absolute atomic E-state index is 0.154. The minimum Gasteiger partial charge on any atom is -0.497 e. The maximum atomic E-state index is 10.3. The fourth-order valence-corrected chi connectivity index (χ4v) is 3.71. The number of aromatic nitrogens is 2. The Kier molecular flexibility index (Phi) is 4.73. The molecular weight excluding hydrogens is 326 g/mol. The zero-order valence-electron chi connectivity index (χ0n) is 14.8. The van der Waals surface area contributed by atoms with Gasteiger partial charge in [0.15, 0.2) is 0 Å². The molecule has 1 aromatic heterocycles. The summed E-state index contributed by atoms with van der Waals surface area (Å²) in [4.78, 5) is 6.85. The Morgan fingerprint density at radius 3 is 2.81 bits per heavy atom. The van der Waals surface area contributed by atoms with Gasteiger partial charge in [0.05, 0.1) is 19.8 Å². The molecule has 0 spiro atoms. The van der Waals surface area contributed by atoms with Gasteiger partial charge in [-0.1, -0.05) is 30.3 Å². The van der Waals surface area contributed by atoms with E-state index in [0.717, 1.165) is 23.7 Å². The second-order valence-electron chi connectivity index (χ2n) is 6.66. The summed E-state index contributed by atoms with van der Waals surface area (Å²) in [6.07, 6.45) is 4.21. The number of benzene rings is 2. The Hall–Kier alpha value is -2.63. The highest BCUT2D eigenvalue weighted by Crippen LogP contribution is 2.34. The molecule has 0 saturated carbocycles. The van der Waals surface area contributed by atoms with Gasteiger partial charge in [0.25, 0.3) is 0 Å². The van der Waals surface area contributed by atoms with Crippen LogP contribution in [0.5, 0.6) is 5.75 Å². The van der Waals surface area contributed by atoms with E-state index in [1.807, 2.05) is 42.7 Å². The molecule has 3 aromatic rings. The number of β-amino-alcohol motifs (C(OH)–C–C–N with tert-alkyl or cyclic N) is 1. The van der Waals surface area contributed by atoms with Gasteiger partial charge < -0.3 is 14.4 Å². The van der Waals surface area contributed by atoms with E-state index >= 15 is 0 Å². The molecule has 0 bridgehead atoms. The first-order valence-corrected chi connectivity index (χ1v) is 8.88. The summed E-state index contributed by atoms with van der Waals surface area (Å²) < 4.78 is 7.47. The summed E-state index contributed by atoms with van der Waals surface area (Å²) >= 11 is 0. The lowest BCUT2D eigenvalue weighted by atomic mass is 10.0. The third-order valence-corrected chi connectivity index (χ3v) is 4.96. The van der Waals surface area contributed by atoms with Crippen molar-refractivity contribution in [2.75, 3.05) is 13.7 Å². The number of ether oxygens (including phenoxy) is 1. The third-order valence-electron chi connectivity index (χ3n) is 4.96. The fourth-order valence-electron chi connectivity index (χ4n) is 3.71. The van der Waals surface area contributed by atoms with Crippen LogP contribution in [0.25, 0.3) is 5.69 Å². The van der Waals surface area contributed by atoms with Crippen molar-refractivity contribution in [1.29, 1.82) is 0 Å². The molecule has 2 atom stereocenters. The highest BCUT2D eigenvalue weighted by molar-refractivity contribution is 5.33. The largest absolute Gasteiger partial charge is 0.497 e. The molecule has 1 aliphatic rings. The van der Waals surface area contributed by atoms with Crippen LogP contribution in [0, 0.1) is 0 Å². The smallest absolute Gasteiger partial charge is 0.127 e. The van der Waals surface area contributed by atoms with Gasteiger partial charge in [-0.25, -0.2) is 4.98 Å². The lowest BCUT2D eigenvalue weighted by Crippen LogP contribution is -2.26. The number of aliphatic hydroxyl groups is 1. The molecule has 1 N–H and O–H groups in total. The first kappa shape index (κ1) is 16.8. The summed E-state index contributed by atoms with van der Waals surface area (Å²) in [7, 11) is 1.68. The number of imidazole rings is 1. The van der Waals surface area contributed by atoms with Gasteiger partial charge in [-0.2, -0.15) is 0 Å². The van der Waals surface area contributed by atoms with E-state index in [1.54, 1.807) is 7.11 Å². The molecular formula is C21H23N3O2. The van der Waals surface area contributed by atoms with Gasteiger partial charge >= 0.3 is 0 Å². The standard InChI is InChI=1S/C21H23N3O2/c1-26-19-9-5-6-16(12-19)20-13-18(25)14-23(20)15-21-22-10-11-24(21)17-7-3-2-4-8-17/h2-12,18,20,25H,13-15H2,1H3/t18-,20-/m1/s1. The second kappa shape index (κ2) is 7.32. The van der Waals surface area contributed by atoms with E-state index < -0.39 is 0 Å². The van der Waals surface area contributed by atoms with Gasteiger partial charge in [-0.3, -0.25) is 4.90 Å². The van der Waals surface area contributed by atoms with Crippen LogP contribution in [0.3, 0.4) is 0 Å². The Morgan fingerprint density at radius 1 is 1.15 bits per heavy atom. The predicted octanol–water partition coefficient (Wildman–Crippen LogP) is 3.19. The molecule has 2 heterocycles. The summed E-state index contributed by atoms with van der Waals surface area (Å²) in [5.74, 6) is 1.81. The molecule has 1 aliphatic heterocycles. The van der Waals surface area contributed by atoms with Crippen molar-refractivity contribution in [3.05, 3.63) is 78.4 Å². The van der Waals surface area contributed by atoms with Gasteiger partial charge in [0.1, 0.15) is 11.6 Å². The van der Waals surface area contributed by atoms with Crippen molar-refractivity contribution in [2.24, 2.45) is 0 Å². The van der Waals surface area contributed by atoms with Crippen LogP contribution in [-0.4, -0.2) is 39.3 Å². The Balaban J connectivity index is 1.60. The van der Waals surface area contributed by atoms with Crippen molar-refractivity contribution in [1.82, 2.24) is 14.5 Å².